The summed E-state index contributed by atoms with van der Waals surface area (Å²) in [5, 5.41) is 25.2. The lowest BCUT2D eigenvalue weighted by Gasteiger charge is -2.31. The molecule has 1 amide bonds. The molecule has 0 saturated carbocycles. The van der Waals surface area contributed by atoms with Gasteiger partial charge in [0.1, 0.15) is 12.4 Å². The molecule has 1 aromatic carbocycles. The first kappa shape index (κ1) is 16.7. The van der Waals surface area contributed by atoms with Gasteiger partial charge in [0.2, 0.25) is 17.4 Å². The first-order chi connectivity index (χ1) is 12.1. The third-order valence-electron chi connectivity index (χ3n) is 3.72. The van der Waals surface area contributed by atoms with E-state index in [0.717, 1.165) is 11.1 Å². The van der Waals surface area contributed by atoms with Crippen molar-refractivity contribution in [2.45, 2.75) is 19.4 Å². The van der Waals surface area contributed by atoms with Gasteiger partial charge in [-0.25, -0.2) is 9.02 Å². The van der Waals surface area contributed by atoms with E-state index in [2.05, 4.69) is 30.7 Å². The standard InChI is InChI=1S/C15H16FN5O4/c1-8(22)17-4-5-24-15-13(20-25-21-15)14(19-23)18-12-6-9-2-3-10(16)7-11(9)12/h2-3,7,12,23H,4-6H2,1H3,(H,17,22)(H,18,19)/t12-/m0/s1. The molecule has 132 valence electrons. The summed E-state index contributed by atoms with van der Waals surface area (Å²) in [5.74, 6) is -0.504. The van der Waals surface area contributed by atoms with Gasteiger partial charge in [-0.05, 0) is 40.0 Å². The maximum absolute atomic E-state index is 13.3. The summed E-state index contributed by atoms with van der Waals surface area (Å²) in [4.78, 5) is 10.8. The van der Waals surface area contributed by atoms with Crippen LogP contribution in [0.4, 0.5) is 4.39 Å². The van der Waals surface area contributed by atoms with Gasteiger partial charge in [0, 0.05) is 6.92 Å². The maximum atomic E-state index is 13.3. The van der Waals surface area contributed by atoms with Crippen LogP contribution in [0.15, 0.2) is 28.0 Å². The second kappa shape index (κ2) is 7.16. The van der Waals surface area contributed by atoms with Crippen molar-refractivity contribution < 1.29 is 23.8 Å². The third-order valence-corrected chi connectivity index (χ3v) is 3.72. The SMILES string of the molecule is CC(=O)NCCOc1nonc1C(=NO)N[C@H]1Cc2ccc(F)cc21. The lowest BCUT2D eigenvalue weighted by Crippen LogP contribution is -2.36. The molecule has 0 spiro atoms. The molecule has 0 radical (unpaired) electrons. The van der Waals surface area contributed by atoms with Gasteiger partial charge in [-0.15, -0.1) is 0 Å². The molecule has 1 heterocycles. The van der Waals surface area contributed by atoms with Crippen molar-refractivity contribution in [3.05, 3.63) is 40.8 Å². The molecule has 1 aliphatic carbocycles. The first-order valence-corrected chi connectivity index (χ1v) is 7.55. The van der Waals surface area contributed by atoms with E-state index in [-0.39, 0.29) is 48.3 Å². The van der Waals surface area contributed by atoms with E-state index in [1.807, 2.05) is 0 Å². The lowest BCUT2D eigenvalue weighted by molar-refractivity contribution is -0.119. The molecule has 1 aliphatic rings. The predicted molar refractivity (Wildman–Crippen MR) is 82.8 cm³/mol. The summed E-state index contributed by atoms with van der Waals surface area (Å²) >= 11 is 0. The van der Waals surface area contributed by atoms with Crippen molar-refractivity contribution in [1.82, 2.24) is 20.9 Å². The van der Waals surface area contributed by atoms with Crippen LogP contribution in [0.3, 0.4) is 0 Å². The zero-order valence-electron chi connectivity index (χ0n) is 13.3. The van der Waals surface area contributed by atoms with Gasteiger partial charge >= 0.3 is 0 Å². The second-order valence-electron chi connectivity index (χ2n) is 5.44. The number of fused-ring (bicyclic) bond motifs is 1. The van der Waals surface area contributed by atoms with E-state index < -0.39 is 0 Å². The molecule has 1 aromatic heterocycles. The van der Waals surface area contributed by atoms with Gasteiger partial charge in [-0.3, -0.25) is 4.79 Å². The number of nitrogens with zero attached hydrogens (tertiary/aromatic N) is 3. The fourth-order valence-corrected chi connectivity index (χ4v) is 2.51. The van der Waals surface area contributed by atoms with Crippen molar-refractivity contribution in [1.29, 1.82) is 0 Å². The number of amides is 1. The van der Waals surface area contributed by atoms with Crippen LogP contribution in [0.5, 0.6) is 5.88 Å². The number of oxime groups is 1. The molecule has 10 heteroatoms. The summed E-state index contributed by atoms with van der Waals surface area (Å²) in [6.07, 6.45) is 0.651. The fourth-order valence-electron chi connectivity index (χ4n) is 2.51. The van der Waals surface area contributed by atoms with Crippen molar-refractivity contribution >= 4 is 11.7 Å². The van der Waals surface area contributed by atoms with Gasteiger partial charge in [-0.2, -0.15) is 0 Å². The Balaban J connectivity index is 1.65. The number of carbonyl (C=O) groups excluding carboxylic acids is 1. The van der Waals surface area contributed by atoms with Crippen molar-refractivity contribution in [3.63, 3.8) is 0 Å². The molecule has 25 heavy (non-hydrogen) atoms. The number of carbonyl (C=O) groups is 1. The highest BCUT2D eigenvalue weighted by atomic mass is 19.1. The molecule has 9 nitrogen and oxygen atoms in total. The molecule has 0 bridgehead atoms. The summed E-state index contributed by atoms with van der Waals surface area (Å²) in [6, 6.07) is 4.32. The van der Waals surface area contributed by atoms with Crippen molar-refractivity contribution in [2.75, 3.05) is 13.2 Å². The van der Waals surface area contributed by atoms with E-state index >= 15 is 0 Å². The van der Waals surface area contributed by atoms with Gasteiger partial charge in [0.25, 0.3) is 5.88 Å². The van der Waals surface area contributed by atoms with E-state index in [4.69, 9.17) is 4.74 Å². The Kier molecular flexibility index (Phi) is 4.78. The zero-order valence-corrected chi connectivity index (χ0v) is 13.3. The molecule has 0 saturated heterocycles. The van der Waals surface area contributed by atoms with E-state index in [1.54, 1.807) is 6.07 Å². The second-order valence-corrected chi connectivity index (χ2v) is 5.44. The van der Waals surface area contributed by atoms with Gasteiger partial charge in [0.15, 0.2) is 0 Å². The van der Waals surface area contributed by atoms with Crippen molar-refractivity contribution in [2.24, 2.45) is 5.16 Å². The van der Waals surface area contributed by atoms with Crippen LogP contribution in [-0.2, 0) is 11.2 Å². The summed E-state index contributed by atoms with van der Waals surface area (Å²) in [5.41, 5.74) is 1.88. The Morgan fingerprint density at radius 1 is 1.52 bits per heavy atom. The number of rotatable bonds is 6. The number of hydrogen-bond acceptors (Lipinski definition) is 7. The minimum Gasteiger partial charge on any atom is -0.472 e. The van der Waals surface area contributed by atoms with Crippen LogP contribution in [0.2, 0.25) is 0 Å². The highest BCUT2D eigenvalue weighted by Gasteiger charge is 2.30. The van der Waals surface area contributed by atoms with E-state index in [0.29, 0.717) is 6.42 Å². The van der Waals surface area contributed by atoms with Crippen LogP contribution in [0.25, 0.3) is 0 Å². The average Bonchev–Trinajstić information content (AvgIpc) is 3.03. The Labute approximate surface area is 141 Å². The number of aromatic nitrogens is 2. The van der Waals surface area contributed by atoms with Crippen LogP contribution >= 0.6 is 0 Å². The first-order valence-electron chi connectivity index (χ1n) is 7.55. The van der Waals surface area contributed by atoms with Crippen LogP contribution in [-0.4, -0.2) is 40.4 Å². The normalized spacial score (nSPS) is 15.9. The quantitative estimate of drug-likeness (QED) is 0.231. The zero-order chi connectivity index (χ0) is 17.8. The smallest absolute Gasteiger partial charge is 0.287 e. The Hall–Kier alpha value is -3.17. The van der Waals surface area contributed by atoms with E-state index in [9.17, 15) is 14.4 Å². The fraction of sp³-hybridized carbons (Fsp3) is 0.333. The number of nitrogens with one attached hydrogen (secondary N) is 2. The number of ether oxygens (including phenoxy) is 1. The van der Waals surface area contributed by atoms with E-state index in [1.165, 1.54) is 19.1 Å². The number of benzene rings is 1. The molecular formula is C15H16FN5O4. The molecular weight excluding hydrogens is 333 g/mol. The topological polar surface area (TPSA) is 122 Å². The Bertz CT molecular complexity index is 807. The summed E-state index contributed by atoms with van der Waals surface area (Å²) in [7, 11) is 0. The van der Waals surface area contributed by atoms with Gasteiger partial charge in [0.05, 0.1) is 12.6 Å². The highest BCUT2D eigenvalue weighted by molar-refractivity contribution is 5.98. The predicted octanol–water partition coefficient (Wildman–Crippen LogP) is 0.746. The summed E-state index contributed by atoms with van der Waals surface area (Å²) in [6.45, 7) is 1.80. The Morgan fingerprint density at radius 2 is 2.36 bits per heavy atom. The minimum atomic E-state index is -0.335. The maximum Gasteiger partial charge on any atom is 0.287 e. The van der Waals surface area contributed by atoms with Gasteiger partial charge < -0.3 is 20.6 Å². The number of hydrogen-bond donors (Lipinski definition) is 3. The van der Waals surface area contributed by atoms with Crippen molar-refractivity contribution in [3.8, 4) is 5.88 Å². The average molecular weight is 349 g/mol. The van der Waals surface area contributed by atoms with Crippen LogP contribution < -0.4 is 15.4 Å². The van der Waals surface area contributed by atoms with Crippen LogP contribution in [0.1, 0.15) is 29.8 Å². The minimum absolute atomic E-state index is 0.00399. The molecule has 0 fully saturated rings. The molecule has 0 unspecified atom stereocenters. The molecule has 1 atom stereocenters. The largest absolute Gasteiger partial charge is 0.472 e. The molecule has 3 N–H and O–H groups in total. The lowest BCUT2D eigenvalue weighted by atomic mass is 9.83. The van der Waals surface area contributed by atoms with Crippen LogP contribution in [0, 0.1) is 5.82 Å². The number of amidine groups is 1. The Morgan fingerprint density at radius 3 is 3.12 bits per heavy atom. The summed E-state index contributed by atoms with van der Waals surface area (Å²) < 4.78 is 23.3. The molecule has 0 aliphatic heterocycles. The highest BCUT2D eigenvalue weighted by Crippen LogP contribution is 2.33. The number of halogens is 1. The monoisotopic (exact) mass is 349 g/mol. The molecule has 2 aromatic rings. The molecule has 3 rings (SSSR count). The van der Waals surface area contributed by atoms with Gasteiger partial charge in [-0.1, -0.05) is 11.2 Å². The third kappa shape index (κ3) is 3.67.